The zero-order valence-corrected chi connectivity index (χ0v) is 12.6. The second-order valence-electron chi connectivity index (χ2n) is 4.77. The number of anilines is 1. The summed E-state index contributed by atoms with van der Waals surface area (Å²) in [7, 11) is -3.72. The van der Waals surface area contributed by atoms with Crippen molar-refractivity contribution in [3.63, 3.8) is 0 Å². The minimum atomic E-state index is -3.72. The highest BCUT2D eigenvalue weighted by molar-refractivity contribution is 8.00. The summed E-state index contributed by atoms with van der Waals surface area (Å²) >= 11 is 1.65. The van der Waals surface area contributed by atoms with Crippen molar-refractivity contribution in [2.24, 2.45) is 0 Å². The molecule has 1 aromatic rings. The molecule has 8 heteroatoms. The Labute approximate surface area is 121 Å². The van der Waals surface area contributed by atoms with Crippen LogP contribution in [-0.2, 0) is 10.0 Å². The molecule has 1 aromatic carbocycles. The van der Waals surface area contributed by atoms with Gasteiger partial charge in [0.05, 0.1) is 11.3 Å². The molecule has 0 bridgehead atoms. The average molecular weight is 316 g/mol. The molecule has 1 aliphatic carbocycles. The first kappa shape index (κ1) is 15.1. The molecule has 6 nitrogen and oxygen atoms in total. The quantitative estimate of drug-likeness (QED) is 0.679. The van der Waals surface area contributed by atoms with E-state index in [0.29, 0.717) is 6.54 Å². The fraction of sp³-hybridized carbons (Fsp3) is 0.417. The van der Waals surface area contributed by atoms with E-state index in [1.54, 1.807) is 11.8 Å². The summed E-state index contributed by atoms with van der Waals surface area (Å²) < 4.78 is 26.9. The number of nitrogens with one attached hydrogen (secondary N) is 1. The van der Waals surface area contributed by atoms with Crippen LogP contribution >= 0.6 is 11.8 Å². The Morgan fingerprint density at radius 1 is 1.50 bits per heavy atom. The van der Waals surface area contributed by atoms with E-state index < -0.39 is 16.0 Å². The number of sulfonamides is 1. The van der Waals surface area contributed by atoms with E-state index in [-0.39, 0.29) is 20.9 Å². The first-order valence-electron chi connectivity index (χ1n) is 5.97. The van der Waals surface area contributed by atoms with E-state index in [1.807, 2.05) is 6.26 Å². The maximum Gasteiger partial charge on any atom is 0.335 e. The van der Waals surface area contributed by atoms with Gasteiger partial charge in [0.15, 0.2) is 0 Å². The number of benzene rings is 1. The van der Waals surface area contributed by atoms with Crippen LogP contribution in [0.3, 0.4) is 0 Å². The van der Waals surface area contributed by atoms with Gasteiger partial charge in [-0.05, 0) is 37.3 Å². The van der Waals surface area contributed by atoms with E-state index in [1.165, 1.54) is 12.1 Å². The first-order chi connectivity index (χ1) is 9.30. The maximum atomic E-state index is 12.2. The summed E-state index contributed by atoms with van der Waals surface area (Å²) in [6.45, 7) is 0.358. The number of hydrogen-bond donors (Lipinski definition) is 3. The van der Waals surface area contributed by atoms with Gasteiger partial charge in [0, 0.05) is 11.3 Å². The zero-order chi connectivity index (χ0) is 15.0. The van der Waals surface area contributed by atoms with Crippen LogP contribution in [0.5, 0.6) is 0 Å². The van der Waals surface area contributed by atoms with Crippen molar-refractivity contribution in [2.75, 3.05) is 18.5 Å². The molecule has 4 N–H and O–H groups in total. The minimum Gasteiger partial charge on any atom is -0.478 e. The predicted molar refractivity (Wildman–Crippen MR) is 78.5 cm³/mol. The molecule has 20 heavy (non-hydrogen) atoms. The third kappa shape index (κ3) is 3.08. The van der Waals surface area contributed by atoms with Crippen LogP contribution in [0.4, 0.5) is 5.69 Å². The second-order valence-corrected chi connectivity index (χ2v) is 7.78. The van der Waals surface area contributed by atoms with Crippen molar-refractivity contribution in [3.8, 4) is 0 Å². The Balaban J connectivity index is 2.19. The van der Waals surface area contributed by atoms with E-state index in [4.69, 9.17) is 10.8 Å². The monoisotopic (exact) mass is 316 g/mol. The molecule has 0 heterocycles. The normalized spacial score (nSPS) is 16.9. The van der Waals surface area contributed by atoms with Gasteiger partial charge in [-0.15, -0.1) is 0 Å². The number of carboxylic acids is 1. The number of carbonyl (C=O) groups is 1. The zero-order valence-electron chi connectivity index (χ0n) is 10.9. The van der Waals surface area contributed by atoms with Crippen LogP contribution < -0.4 is 10.5 Å². The lowest BCUT2D eigenvalue weighted by Crippen LogP contribution is -2.32. The molecule has 0 aliphatic heterocycles. The molecular formula is C12H16N2O4S2. The first-order valence-corrected chi connectivity index (χ1v) is 8.68. The summed E-state index contributed by atoms with van der Waals surface area (Å²) in [6.07, 6.45) is 3.94. The van der Waals surface area contributed by atoms with E-state index >= 15 is 0 Å². The molecule has 0 atom stereocenters. The third-order valence-corrected chi connectivity index (χ3v) is 6.27. The number of nitrogen functional groups attached to an aromatic ring is 1. The summed E-state index contributed by atoms with van der Waals surface area (Å²) in [4.78, 5) is 10.7. The van der Waals surface area contributed by atoms with E-state index in [0.717, 1.165) is 18.9 Å². The Morgan fingerprint density at radius 2 is 2.15 bits per heavy atom. The van der Waals surface area contributed by atoms with Gasteiger partial charge >= 0.3 is 5.97 Å². The van der Waals surface area contributed by atoms with Gasteiger partial charge in [-0.1, -0.05) is 0 Å². The van der Waals surface area contributed by atoms with Crippen molar-refractivity contribution in [2.45, 2.75) is 22.5 Å². The van der Waals surface area contributed by atoms with Crippen molar-refractivity contribution in [1.29, 1.82) is 0 Å². The van der Waals surface area contributed by atoms with Crippen molar-refractivity contribution >= 4 is 33.4 Å². The molecule has 2 rings (SSSR count). The Morgan fingerprint density at radius 3 is 2.60 bits per heavy atom. The van der Waals surface area contributed by atoms with Gasteiger partial charge in [0.2, 0.25) is 10.0 Å². The van der Waals surface area contributed by atoms with Crippen LogP contribution in [0.2, 0.25) is 0 Å². The molecule has 1 saturated carbocycles. The summed E-state index contributed by atoms with van der Waals surface area (Å²) in [5, 5.41) is 8.83. The van der Waals surface area contributed by atoms with Crippen LogP contribution in [-0.4, -0.2) is 37.0 Å². The number of carboxylic acid groups (broad SMARTS) is 1. The van der Waals surface area contributed by atoms with Crippen molar-refractivity contribution in [1.82, 2.24) is 4.72 Å². The number of hydrogen-bond acceptors (Lipinski definition) is 5. The molecule has 0 saturated heterocycles. The highest BCUT2D eigenvalue weighted by atomic mass is 32.2. The number of rotatable bonds is 6. The molecular weight excluding hydrogens is 300 g/mol. The summed E-state index contributed by atoms with van der Waals surface area (Å²) in [5.41, 5.74) is 5.54. The summed E-state index contributed by atoms with van der Waals surface area (Å²) in [6, 6.07) is 3.60. The Kier molecular flexibility index (Phi) is 3.99. The van der Waals surface area contributed by atoms with Crippen LogP contribution in [0.1, 0.15) is 23.2 Å². The SMILES string of the molecule is CSC1(CNS(=O)(=O)c2ccc(C(=O)O)cc2N)CC1. The molecule has 1 aliphatic rings. The van der Waals surface area contributed by atoms with Crippen molar-refractivity contribution in [3.05, 3.63) is 23.8 Å². The number of aromatic carboxylic acids is 1. The smallest absolute Gasteiger partial charge is 0.335 e. The third-order valence-electron chi connectivity index (χ3n) is 3.37. The molecule has 0 unspecified atom stereocenters. The Hall–Kier alpha value is -1.25. The standard InChI is InChI=1S/C12H16N2O4S2/c1-19-12(4-5-12)7-14-20(17,18)10-3-2-8(11(15)16)6-9(10)13/h2-3,6,14H,4-5,7,13H2,1H3,(H,15,16). The van der Waals surface area contributed by atoms with Gasteiger partial charge in [-0.3, -0.25) is 0 Å². The van der Waals surface area contributed by atoms with Crippen LogP contribution in [0, 0.1) is 0 Å². The number of thioether (sulfide) groups is 1. The molecule has 110 valence electrons. The van der Waals surface area contributed by atoms with Gasteiger partial charge in [-0.25, -0.2) is 17.9 Å². The van der Waals surface area contributed by atoms with Gasteiger partial charge in [0.1, 0.15) is 4.90 Å². The Bertz CT molecular complexity index is 639. The molecule has 0 aromatic heterocycles. The second kappa shape index (κ2) is 5.27. The topological polar surface area (TPSA) is 109 Å². The lowest BCUT2D eigenvalue weighted by molar-refractivity contribution is 0.0697. The van der Waals surface area contributed by atoms with Crippen LogP contribution in [0.25, 0.3) is 0 Å². The highest BCUT2D eigenvalue weighted by Gasteiger charge is 2.42. The highest BCUT2D eigenvalue weighted by Crippen LogP contribution is 2.46. The largest absolute Gasteiger partial charge is 0.478 e. The molecule has 0 spiro atoms. The fourth-order valence-corrected chi connectivity index (χ4v) is 3.88. The van der Waals surface area contributed by atoms with Crippen molar-refractivity contribution < 1.29 is 18.3 Å². The lowest BCUT2D eigenvalue weighted by Gasteiger charge is -2.14. The van der Waals surface area contributed by atoms with E-state index in [2.05, 4.69) is 4.72 Å². The van der Waals surface area contributed by atoms with E-state index in [9.17, 15) is 13.2 Å². The molecule has 1 fully saturated rings. The summed E-state index contributed by atoms with van der Waals surface area (Å²) in [5.74, 6) is -1.15. The van der Waals surface area contributed by atoms with Crippen LogP contribution in [0.15, 0.2) is 23.1 Å². The average Bonchev–Trinajstić information content (AvgIpc) is 3.17. The fourth-order valence-electron chi connectivity index (χ4n) is 1.82. The predicted octanol–water partition coefficient (Wildman–Crippen LogP) is 1.14. The molecule has 0 amide bonds. The van der Waals surface area contributed by atoms with Gasteiger partial charge < -0.3 is 10.8 Å². The van der Waals surface area contributed by atoms with Gasteiger partial charge in [-0.2, -0.15) is 11.8 Å². The molecule has 0 radical (unpaired) electrons. The van der Waals surface area contributed by atoms with Gasteiger partial charge in [0.25, 0.3) is 0 Å². The lowest BCUT2D eigenvalue weighted by atomic mass is 10.2. The number of nitrogens with two attached hydrogens (primary N) is 1. The minimum absolute atomic E-state index is 0.00281. The maximum absolute atomic E-state index is 12.2.